The quantitative estimate of drug-likeness (QED) is 0.255. The number of Topliss-reactive ketones (excluding diaryl/α,β-unsaturated/α-hetero) is 1. The number of carbonyl (C=O) groups is 3. The molecule has 2 aromatic rings. The monoisotopic (exact) mass is 539 g/mol. The fourth-order valence-corrected chi connectivity index (χ4v) is 5.05. The lowest BCUT2D eigenvalue weighted by Crippen LogP contribution is -2.40. The van der Waals surface area contributed by atoms with Crippen molar-refractivity contribution in [3.8, 4) is 5.75 Å². The second kappa shape index (κ2) is 15.0. The Labute approximate surface area is 228 Å². The van der Waals surface area contributed by atoms with Crippen LogP contribution in [0.1, 0.15) is 62.5 Å². The molecule has 0 aliphatic heterocycles. The third-order valence-electron chi connectivity index (χ3n) is 7.20. The largest absolute Gasteiger partial charge is 0.494 e. The molecule has 0 spiro atoms. The normalized spacial score (nSPS) is 15.8. The number of carbonyl (C=O) groups excluding carboxylic acids is 2. The summed E-state index contributed by atoms with van der Waals surface area (Å²) in [6.45, 7) is 0. The van der Waals surface area contributed by atoms with Crippen LogP contribution in [0.2, 0.25) is 0 Å². The van der Waals surface area contributed by atoms with Gasteiger partial charge in [0.2, 0.25) is 5.91 Å². The van der Waals surface area contributed by atoms with E-state index in [0.29, 0.717) is 18.8 Å². The van der Waals surface area contributed by atoms with Crippen molar-refractivity contribution >= 4 is 23.6 Å². The third kappa shape index (κ3) is 9.81. The number of nitrogens with two attached hydrogens (primary N) is 1. The Morgan fingerprint density at radius 3 is 2.49 bits per heavy atom. The first-order valence-electron chi connectivity index (χ1n) is 13.5. The van der Waals surface area contributed by atoms with Crippen LogP contribution in [0.5, 0.6) is 5.75 Å². The highest BCUT2D eigenvalue weighted by atomic mass is 19.1. The van der Waals surface area contributed by atoms with Crippen LogP contribution in [0.4, 0.5) is 4.39 Å². The van der Waals surface area contributed by atoms with Crippen LogP contribution in [-0.2, 0) is 27.2 Å². The first-order chi connectivity index (χ1) is 18.7. The van der Waals surface area contributed by atoms with Crippen LogP contribution in [-0.4, -0.2) is 41.9 Å². The molecule has 3 rings (SSSR count). The van der Waals surface area contributed by atoms with E-state index >= 15 is 0 Å². The molecular formula is C30H38FN3O5. The Hall–Kier alpha value is -3.75. The highest BCUT2D eigenvalue weighted by Crippen LogP contribution is 2.29. The molecule has 1 fully saturated rings. The summed E-state index contributed by atoms with van der Waals surface area (Å²) in [4.78, 5) is 42.0. The Balaban J connectivity index is 1.65. The molecule has 0 unspecified atom stereocenters. The van der Waals surface area contributed by atoms with Crippen LogP contribution >= 0.6 is 0 Å². The number of halogens is 1. The number of ketones is 1. The van der Waals surface area contributed by atoms with Gasteiger partial charge in [-0.2, -0.15) is 0 Å². The van der Waals surface area contributed by atoms with Crippen LogP contribution in [0, 0.1) is 17.7 Å². The number of aliphatic imine (C=N–C) groups is 1. The van der Waals surface area contributed by atoms with Crippen molar-refractivity contribution in [2.24, 2.45) is 22.6 Å². The first-order valence-corrected chi connectivity index (χ1v) is 13.5. The Bertz CT molecular complexity index is 1150. The van der Waals surface area contributed by atoms with E-state index in [1.807, 2.05) is 30.3 Å². The smallest absolute Gasteiger partial charge is 0.307 e. The second-order valence-electron chi connectivity index (χ2n) is 10.2. The van der Waals surface area contributed by atoms with E-state index in [1.54, 1.807) is 12.1 Å². The molecular weight excluding hydrogens is 501 g/mol. The van der Waals surface area contributed by atoms with Gasteiger partial charge < -0.3 is 15.6 Å². The average molecular weight is 540 g/mol. The Morgan fingerprint density at radius 1 is 1.10 bits per heavy atom. The molecule has 2 atom stereocenters. The molecule has 0 aromatic heterocycles. The molecule has 1 saturated carbocycles. The fraction of sp³-hybridized carbons (Fsp3) is 0.467. The number of aryl methyl sites for hydroxylation is 1. The number of aliphatic carboxylic acids is 1. The van der Waals surface area contributed by atoms with E-state index < -0.39 is 29.7 Å². The molecule has 1 aliphatic carbocycles. The maximum absolute atomic E-state index is 13.7. The molecule has 0 heterocycles. The van der Waals surface area contributed by atoms with Crippen LogP contribution < -0.4 is 15.8 Å². The maximum atomic E-state index is 13.7. The highest BCUT2D eigenvalue weighted by molar-refractivity contribution is 5.98. The third-order valence-corrected chi connectivity index (χ3v) is 7.20. The number of guanidine groups is 1. The maximum Gasteiger partial charge on any atom is 0.307 e. The van der Waals surface area contributed by atoms with E-state index in [0.717, 1.165) is 36.8 Å². The lowest BCUT2D eigenvalue weighted by molar-refractivity contribution is -0.143. The molecule has 2 aromatic carbocycles. The summed E-state index contributed by atoms with van der Waals surface area (Å²) in [5, 5.41) is 12.1. The van der Waals surface area contributed by atoms with Crippen molar-refractivity contribution in [2.45, 2.75) is 70.3 Å². The van der Waals surface area contributed by atoms with Crippen molar-refractivity contribution in [1.29, 1.82) is 0 Å². The van der Waals surface area contributed by atoms with Gasteiger partial charge in [-0.3, -0.25) is 19.7 Å². The number of hydrogen-bond donors (Lipinski definition) is 3. The topological polar surface area (TPSA) is 131 Å². The number of carboxylic acid groups (broad SMARTS) is 1. The minimum Gasteiger partial charge on any atom is -0.494 e. The molecule has 4 N–H and O–H groups in total. The fourth-order valence-electron chi connectivity index (χ4n) is 5.05. The number of nitrogens with zero attached hydrogens (tertiary/aromatic N) is 1. The summed E-state index contributed by atoms with van der Waals surface area (Å²) in [5.41, 5.74) is 7.63. The van der Waals surface area contributed by atoms with Crippen LogP contribution in [0.3, 0.4) is 0 Å². The minimum absolute atomic E-state index is 0.117. The van der Waals surface area contributed by atoms with Crippen LogP contribution in [0.25, 0.3) is 0 Å². The number of nitrogens with one attached hydrogen (secondary N) is 1. The number of rotatable bonds is 13. The van der Waals surface area contributed by atoms with Gasteiger partial charge in [-0.1, -0.05) is 68.5 Å². The number of methoxy groups -OCH3 is 1. The highest BCUT2D eigenvalue weighted by Gasteiger charge is 2.26. The van der Waals surface area contributed by atoms with E-state index in [4.69, 9.17) is 10.5 Å². The molecule has 9 heteroatoms. The predicted octanol–water partition coefficient (Wildman–Crippen LogP) is 4.44. The van der Waals surface area contributed by atoms with Crippen molar-refractivity contribution in [3.05, 3.63) is 65.5 Å². The van der Waals surface area contributed by atoms with Gasteiger partial charge in [0.15, 0.2) is 23.3 Å². The van der Waals surface area contributed by atoms with Crippen molar-refractivity contribution in [3.63, 3.8) is 0 Å². The van der Waals surface area contributed by atoms with E-state index in [9.17, 15) is 23.9 Å². The standard InChI is InChI=1S/C30H38FN3O5/c1-39-27-18-22(12-14-24(27)31)13-15-26(35)25(17-21-10-6-3-7-11-21)33-30(32)34-28(36)19-23(29(37)38)16-20-8-4-2-5-9-20/h2,4-5,8-9,12,14,18,21,23,25H,3,6-7,10-11,13,15-17,19H2,1H3,(H,37,38)(H3,32,33,34,36)/t23-,25+/m0/s1. The van der Waals surface area contributed by atoms with Gasteiger partial charge in [0, 0.05) is 12.8 Å². The Kier molecular flexibility index (Phi) is 11.5. The molecule has 0 bridgehead atoms. The van der Waals surface area contributed by atoms with Gasteiger partial charge in [-0.15, -0.1) is 0 Å². The van der Waals surface area contributed by atoms with Gasteiger partial charge in [0.05, 0.1) is 13.0 Å². The number of hydrogen-bond acceptors (Lipinski definition) is 5. The van der Waals surface area contributed by atoms with E-state index in [2.05, 4.69) is 10.3 Å². The lowest BCUT2D eigenvalue weighted by atomic mass is 9.83. The van der Waals surface area contributed by atoms with Crippen molar-refractivity contribution in [2.75, 3.05) is 7.11 Å². The summed E-state index contributed by atoms with van der Waals surface area (Å²) < 4.78 is 18.8. The number of carboxylic acids is 1. The molecule has 8 nitrogen and oxygen atoms in total. The zero-order valence-corrected chi connectivity index (χ0v) is 22.4. The summed E-state index contributed by atoms with van der Waals surface area (Å²) in [6, 6.07) is 12.9. The summed E-state index contributed by atoms with van der Waals surface area (Å²) >= 11 is 0. The number of ether oxygens (including phenoxy) is 1. The molecule has 1 aliphatic rings. The number of amides is 1. The number of benzene rings is 2. The zero-order valence-electron chi connectivity index (χ0n) is 22.4. The molecule has 0 radical (unpaired) electrons. The van der Waals surface area contributed by atoms with E-state index in [-0.39, 0.29) is 36.8 Å². The van der Waals surface area contributed by atoms with Crippen molar-refractivity contribution in [1.82, 2.24) is 5.32 Å². The molecule has 0 saturated heterocycles. The second-order valence-corrected chi connectivity index (χ2v) is 10.2. The summed E-state index contributed by atoms with van der Waals surface area (Å²) in [5.74, 6) is -2.88. The van der Waals surface area contributed by atoms with Gasteiger partial charge in [-0.25, -0.2) is 9.38 Å². The zero-order chi connectivity index (χ0) is 28.2. The van der Waals surface area contributed by atoms with Crippen LogP contribution in [0.15, 0.2) is 53.5 Å². The van der Waals surface area contributed by atoms with Gasteiger partial charge >= 0.3 is 5.97 Å². The molecule has 210 valence electrons. The lowest BCUT2D eigenvalue weighted by Gasteiger charge is -2.24. The average Bonchev–Trinajstić information content (AvgIpc) is 2.92. The van der Waals surface area contributed by atoms with Gasteiger partial charge in [-0.05, 0) is 48.4 Å². The molecule has 39 heavy (non-hydrogen) atoms. The molecule has 1 amide bonds. The van der Waals surface area contributed by atoms with E-state index in [1.165, 1.54) is 19.6 Å². The predicted molar refractivity (Wildman–Crippen MR) is 147 cm³/mol. The summed E-state index contributed by atoms with van der Waals surface area (Å²) in [6.07, 6.45) is 6.45. The first kappa shape index (κ1) is 29.8. The van der Waals surface area contributed by atoms with Crippen molar-refractivity contribution < 1.29 is 28.6 Å². The summed E-state index contributed by atoms with van der Waals surface area (Å²) in [7, 11) is 1.39. The SMILES string of the molecule is COc1cc(CCC(=O)[C@@H](CC2CCCCC2)N=C(N)NC(=O)C[C@H](Cc2ccccc2)C(=O)O)ccc1F. The van der Waals surface area contributed by atoms with Gasteiger partial charge in [0.25, 0.3) is 0 Å². The Morgan fingerprint density at radius 2 is 1.82 bits per heavy atom. The van der Waals surface area contributed by atoms with Gasteiger partial charge in [0.1, 0.15) is 6.04 Å². The minimum atomic E-state index is -1.08.